The van der Waals surface area contributed by atoms with Crippen molar-refractivity contribution in [1.82, 2.24) is 14.7 Å². The molecule has 1 aromatic rings. The Morgan fingerprint density at radius 1 is 1.26 bits per heavy atom. The fourth-order valence-corrected chi connectivity index (χ4v) is 3.82. The molecule has 1 heterocycles. The highest BCUT2D eigenvalue weighted by Crippen LogP contribution is 2.28. The maximum Gasteiger partial charge on any atom is 0.0767 e. The van der Waals surface area contributed by atoms with Gasteiger partial charge in [0.15, 0.2) is 0 Å². The molecule has 4 heteroatoms. The molecule has 0 saturated heterocycles. The third kappa shape index (κ3) is 3.22. The van der Waals surface area contributed by atoms with E-state index < -0.39 is 0 Å². The van der Waals surface area contributed by atoms with E-state index in [1.54, 1.807) is 0 Å². The number of hydrogen-bond acceptors (Lipinski definition) is 2. The molecular weight excluding hydrogens is 302 g/mol. The number of halogens is 1. The van der Waals surface area contributed by atoms with Crippen molar-refractivity contribution in [3.8, 4) is 0 Å². The largest absolute Gasteiger partial charge is 0.295 e. The van der Waals surface area contributed by atoms with E-state index in [4.69, 9.17) is 5.10 Å². The summed E-state index contributed by atoms with van der Waals surface area (Å²) in [5, 5.41) is 4.70. The normalized spacial score (nSPS) is 16.7. The first kappa shape index (κ1) is 15.0. The molecular formula is C15H26BrN3. The van der Waals surface area contributed by atoms with Gasteiger partial charge in [0.05, 0.1) is 15.9 Å². The van der Waals surface area contributed by atoms with E-state index in [1.165, 1.54) is 41.5 Å². The zero-order valence-electron chi connectivity index (χ0n) is 12.5. The van der Waals surface area contributed by atoms with Gasteiger partial charge in [-0.25, -0.2) is 0 Å². The smallest absolute Gasteiger partial charge is 0.0767 e. The Labute approximate surface area is 125 Å². The van der Waals surface area contributed by atoms with Crippen LogP contribution in [0.5, 0.6) is 0 Å². The second-order valence-corrected chi connectivity index (χ2v) is 6.17. The molecule has 108 valence electrons. The number of nitrogens with zero attached hydrogens (tertiary/aromatic N) is 3. The topological polar surface area (TPSA) is 21.1 Å². The molecule has 0 aromatic carbocycles. The predicted octanol–water partition coefficient (Wildman–Crippen LogP) is 3.99. The Kier molecular flexibility index (Phi) is 5.46. The highest BCUT2D eigenvalue weighted by Gasteiger charge is 2.24. The standard InChI is InChI=1S/C15H26BrN3/c1-4-13-15(16)14(19(6-3)17-13)11-18(5-2)12-9-7-8-10-12/h12H,4-11H2,1-3H3. The van der Waals surface area contributed by atoms with Gasteiger partial charge in [-0.1, -0.05) is 26.7 Å². The predicted molar refractivity (Wildman–Crippen MR) is 83.3 cm³/mol. The molecule has 0 radical (unpaired) electrons. The van der Waals surface area contributed by atoms with Gasteiger partial charge in [0.25, 0.3) is 0 Å². The second-order valence-electron chi connectivity index (χ2n) is 5.38. The quantitative estimate of drug-likeness (QED) is 0.787. The van der Waals surface area contributed by atoms with E-state index in [-0.39, 0.29) is 0 Å². The Bertz CT molecular complexity index is 408. The Morgan fingerprint density at radius 3 is 2.47 bits per heavy atom. The van der Waals surface area contributed by atoms with Gasteiger partial charge in [-0.2, -0.15) is 5.10 Å². The lowest BCUT2D eigenvalue weighted by Crippen LogP contribution is -2.33. The van der Waals surface area contributed by atoms with Crippen molar-refractivity contribution in [3.63, 3.8) is 0 Å². The van der Waals surface area contributed by atoms with Crippen LogP contribution in [0.3, 0.4) is 0 Å². The van der Waals surface area contributed by atoms with Gasteiger partial charge >= 0.3 is 0 Å². The van der Waals surface area contributed by atoms with Crippen LogP contribution in [0.25, 0.3) is 0 Å². The van der Waals surface area contributed by atoms with Crippen molar-refractivity contribution >= 4 is 15.9 Å². The van der Waals surface area contributed by atoms with Crippen LogP contribution in [-0.4, -0.2) is 27.3 Å². The van der Waals surface area contributed by atoms with Crippen molar-refractivity contribution in [3.05, 3.63) is 15.9 Å². The Morgan fingerprint density at radius 2 is 1.95 bits per heavy atom. The highest BCUT2D eigenvalue weighted by molar-refractivity contribution is 9.10. The van der Waals surface area contributed by atoms with Crippen LogP contribution in [0.1, 0.15) is 57.8 Å². The maximum absolute atomic E-state index is 4.70. The lowest BCUT2D eigenvalue weighted by molar-refractivity contribution is 0.194. The molecule has 1 fully saturated rings. The summed E-state index contributed by atoms with van der Waals surface area (Å²) in [7, 11) is 0. The fraction of sp³-hybridized carbons (Fsp3) is 0.800. The molecule has 0 N–H and O–H groups in total. The zero-order valence-corrected chi connectivity index (χ0v) is 14.0. The first-order chi connectivity index (χ1) is 9.21. The molecule has 0 bridgehead atoms. The van der Waals surface area contributed by atoms with Crippen molar-refractivity contribution in [1.29, 1.82) is 0 Å². The number of rotatable bonds is 6. The van der Waals surface area contributed by atoms with Crippen LogP contribution in [-0.2, 0) is 19.5 Å². The monoisotopic (exact) mass is 327 g/mol. The van der Waals surface area contributed by atoms with Crippen molar-refractivity contribution < 1.29 is 0 Å². The molecule has 0 aliphatic heterocycles. The molecule has 0 atom stereocenters. The summed E-state index contributed by atoms with van der Waals surface area (Å²) in [6, 6.07) is 0.780. The van der Waals surface area contributed by atoms with Gasteiger partial charge in [0, 0.05) is 19.1 Å². The summed E-state index contributed by atoms with van der Waals surface area (Å²) in [6.07, 6.45) is 6.53. The molecule has 19 heavy (non-hydrogen) atoms. The van der Waals surface area contributed by atoms with Crippen molar-refractivity contribution in [2.24, 2.45) is 0 Å². The lowest BCUT2D eigenvalue weighted by atomic mass is 10.2. The fourth-order valence-electron chi connectivity index (χ4n) is 3.13. The third-order valence-corrected chi connectivity index (χ3v) is 5.21. The van der Waals surface area contributed by atoms with Gasteiger partial charge in [0.1, 0.15) is 0 Å². The molecule has 0 amide bonds. The molecule has 1 aliphatic rings. The minimum Gasteiger partial charge on any atom is -0.295 e. The second kappa shape index (κ2) is 6.89. The molecule has 1 aromatic heterocycles. The zero-order chi connectivity index (χ0) is 13.8. The van der Waals surface area contributed by atoms with E-state index >= 15 is 0 Å². The van der Waals surface area contributed by atoms with Crippen LogP contribution in [0.2, 0.25) is 0 Å². The molecule has 0 unspecified atom stereocenters. The Balaban J connectivity index is 2.18. The van der Waals surface area contributed by atoms with Crippen LogP contribution >= 0.6 is 15.9 Å². The molecule has 2 rings (SSSR count). The van der Waals surface area contributed by atoms with E-state index in [2.05, 4.69) is 46.3 Å². The van der Waals surface area contributed by atoms with Gasteiger partial charge in [0.2, 0.25) is 0 Å². The lowest BCUT2D eigenvalue weighted by Gasteiger charge is -2.27. The molecule has 0 spiro atoms. The van der Waals surface area contributed by atoms with Gasteiger partial charge in [-0.05, 0) is 48.7 Å². The van der Waals surface area contributed by atoms with Gasteiger partial charge in [-0.3, -0.25) is 9.58 Å². The summed E-state index contributed by atoms with van der Waals surface area (Å²) in [4.78, 5) is 2.63. The van der Waals surface area contributed by atoms with E-state index in [9.17, 15) is 0 Å². The summed E-state index contributed by atoms with van der Waals surface area (Å²) in [5.74, 6) is 0. The van der Waals surface area contributed by atoms with E-state index in [1.807, 2.05) is 0 Å². The molecule has 1 saturated carbocycles. The average Bonchev–Trinajstić information content (AvgIpc) is 3.04. The van der Waals surface area contributed by atoms with Gasteiger partial charge in [-0.15, -0.1) is 0 Å². The van der Waals surface area contributed by atoms with Gasteiger partial charge < -0.3 is 0 Å². The number of aryl methyl sites for hydroxylation is 2. The maximum atomic E-state index is 4.70. The third-order valence-electron chi connectivity index (χ3n) is 4.29. The van der Waals surface area contributed by atoms with Crippen LogP contribution in [0.15, 0.2) is 4.47 Å². The first-order valence-electron chi connectivity index (χ1n) is 7.69. The average molecular weight is 328 g/mol. The summed E-state index contributed by atoms with van der Waals surface area (Å²) in [5.41, 5.74) is 2.55. The minimum atomic E-state index is 0.780. The summed E-state index contributed by atoms with van der Waals surface area (Å²) in [6.45, 7) is 9.74. The summed E-state index contributed by atoms with van der Waals surface area (Å²) >= 11 is 3.76. The van der Waals surface area contributed by atoms with Crippen LogP contribution in [0.4, 0.5) is 0 Å². The highest BCUT2D eigenvalue weighted by atomic mass is 79.9. The summed E-state index contributed by atoms with van der Waals surface area (Å²) < 4.78 is 3.40. The van der Waals surface area contributed by atoms with Crippen LogP contribution < -0.4 is 0 Å². The minimum absolute atomic E-state index is 0.780. The molecule has 3 nitrogen and oxygen atoms in total. The SMILES string of the molecule is CCc1nn(CC)c(CN(CC)C2CCCC2)c1Br. The first-order valence-corrected chi connectivity index (χ1v) is 8.48. The van der Waals surface area contributed by atoms with Crippen molar-refractivity contribution in [2.45, 2.75) is 72.0 Å². The van der Waals surface area contributed by atoms with Crippen LogP contribution in [0, 0.1) is 0 Å². The van der Waals surface area contributed by atoms with Crippen molar-refractivity contribution in [2.75, 3.05) is 6.54 Å². The van der Waals surface area contributed by atoms with E-state index in [0.29, 0.717) is 0 Å². The van der Waals surface area contributed by atoms with E-state index in [0.717, 1.165) is 32.1 Å². The molecule has 1 aliphatic carbocycles. The number of hydrogen-bond donors (Lipinski definition) is 0. The Hall–Kier alpha value is -0.350. The number of aromatic nitrogens is 2.